The van der Waals surface area contributed by atoms with Crippen molar-refractivity contribution in [2.24, 2.45) is 0 Å². The van der Waals surface area contributed by atoms with Crippen LogP contribution < -0.4 is 21.2 Å². The number of imidazole rings is 1. The minimum Gasteiger partial charge on any atom is -0.463 e. The molecule has 20 heteroatoms. The number of pyridine rings is 1. The van der Waals surface area contributed by atoms with E-state index < -0.39 is 75.6 Å². The summed E-state index contributed by atoms with van der Waals surface area (Å²) in [4.78, 5) is 81.6. The van der Waals surface area contributed by atoms with E-state index in [2.05, 4.69) is 83.4 Å². The number of rotatable bonds is 21. The number of fused-ring (bicyclic) bond motifs is 1. The van der Waals surface area contributed by atoms with Gasteiger partial charge in [0.1, 0.15) is 6.10 Å². The number of terminal acetylenes is 1. The smallest absolute Gasteiger partial charge is 0.350 e. The third kappa shape index (κ3) is 12.4. The third-order valence-corrected chi connectivity index (χ3v) is 14.8. The minimum absolute atomic E-state index is 0.000890. The Morgan fingerprint density at radius 1 is 0.895 bits per heavy atom. The van der Waals surface area contributed by atoms with Crippen molar-refractivity contribution in [3.63, 3.8) is 0 Å². The van der Waals surface area contributed by atoms with E-state index in [-0.39, 0.29) is 59.8 Å². The number of nitrogens with zero attached hydrogens (tertiary/aromatic N) is 5. The first-order valence-electron chi connectivity index (χ1n) is 24.8. The average Bonchev–Trinajstić information content (AvgIpc) is 3.98. The molecule has 0 saturated carbocycles. The highest BCUT2D eigenvalue weighted by Gasteiger charge is 2.63. The van der Waals surface area contributed by atoms with Crippen LogP contribution in [0.25, 0.3) is 22.3 Å². The number of aromatic nitrogens is 5. The molecule has 6 aromatic rings. The van der Waals surface area contributed by atoms with Crippen LogP contribution in [0, 0.1) is 12.3 Å². The van der Waals surface area contributed by atoms with E-state index in [0.29, 0.717) is 22.5 Å². The fraction of sp³-hybridized carbons (Fsp3) is 0.393. The molecular weight excluding hydrogens is 1010 g/mol. The number of ether oxygens (including phenoxy) is 6. The van der Waals surface area contributed by atoms with Crippen LogP contribution in [0.5, 0.6) is 0 Å². The Labute approximate surface area is 448 Å². The molecule has 399 valence electrons. The summed E-state index contributed by atoms with van der Waals surface area (Å²) >= 11 is 6.39. The van der Waals surface area contributed by atoms with Crippen molar-refractivity contribution in [3.05, 3.63) is 130 Å². The molecule has 18 nitrogen and oxygen atoms in total. The van der Waals surface area contributed by atoms with Gasteiger partial charge in [-0.15, -0.1) is 6.42 Å². The maximum atomic E-state index is 14.3. The van der Waals surface area contributed by atoms with Gasteiger partial charge in [0.2, 0.25) is 17.0 Å². The number of hydrogen-bond acceptors (Lipinski definition) is 16. The SMILES string of the molecule is C#C[C@@]1(OC(C)=O)[C@@H](COC(Cc2ccc(-c3cccn(CCO[Si](c4ccccc4)c4ccc(C(C)(C)C)cc4)c3=O)cc2)(C(=O)OCC)C(=O)OCC)O[C@@H](n2cnc3c(NC(C)C)nc(Cl)nc32)[C@@H]1OC(C)=O. The summed E-state index contributed by atoms with van der Waals surface area (Å²) in [7, 11) is -1.65. The molecule has 4 heterocycles. The first kappa shape index (κ1) is 56.5. The summed E-state index contributed by atoms with van der Waals surface area (Å²) in [5.74, 6) is -1.15. The van der Waals surface area contributed by atoms with Gasteiger partial charge in [-0.3, -0.25) is 19.0 Å². The molecule has 1 aliphatic heterocycles. The lowest BCUT2D eigenvalue weighted by Gasteiger charge is -2.35. The Hall–Kier alpha value is -7.21. The number of anilines is 1. The van der Waals surface area contributed by atoms with E-state index in [9.17, 15) is 24.0 Å². The molecule has 0 spiro atoms. The Morgan fingerprint density at radius 3 is 2.14 bits per heavy atom. The Balaban J connectivity index is 1.17. The first-order chi connectivity index (χ1) is 36.2. The van der Waals surface area contributed by atoms with E-state index in [0.717, 1.165) is 24.2 Å². The molecule has 7 rings (SSSR count). The van der Waals surface area contributed by atoms with Crippen LogP contribution in [0.15, 0.2) is 108 Å². The zero-order valence-corrected chi connectivity index (χ0v) is 45.7. The van der Waals surface area contributed by atoms with E-state index >= 15 is 0 Å². The quantitative estimate of drug-likeness (QED) is 0.0214. The van der Waals surface area contributed by atoms with E-state index in [1.807, 2.05) is 32.0 Å². The molecule has 1 radical (unpaired) electrons. The number of nitrogens with one attached hydrogen (secondary N) is 1. The van der Waals surface area contributed by atoms with Gasteiger partial charge in [-0.05, 0) is 83.9 Å². The lowest BCUT2D eigenvalue weighted by Crippen LogP contribution is -2.57. The second kappa shape index (κ2) is 24.2. The number of benzene rings is 3. The second-order valence-corrected chi connectivity index (χ2v) is 21.7. The molecular formula is C56H62ClN6O12Si. The van der Waals surface area contributed by atoms with Crippen LogP contribution in [0.3, 0.4) is 0 Å². The van der Waals surface area contributed by atoms with Crippen molar-refractivity contribution in [1.82, 2.24) is 24.1 Å². The molecule has 0 amide bonds. The van der Waals surface area contributed by atoms with Crippen LogP contribution in [0.4, 0.5) is 5.82 Å². The monoisotopic (exact) mass is 1070 g/mol. The van der Waals surface area contributed by atoms with E-state index in [4.69, 9.17) is 50.9 Å². The third-order valence-electron chi connectivity index (χ3n) is 12.4. The number of esters is 4. The topological polar surface area (TPSA) is 211 Å². The van der Waals surface area contributed by atoms with Crippen molar-refractivity contribution in [1.29, 1.82) is 0 Å². The van der Waals surface area contributed by atoms with Gasteiger partial charge in [0.15, 0.2) is 23.2 Å². The first-order valence-corrected chi connectivity index (χ1v) is 26.6. The Morgan fingerprint density at radius 2 is 1.55 bits per heavy atom. The lowest BCUT2D eigenvalue weighted by atomic mass is 9.87. The molecule has 0 unspecified atom stereocenters. The Kier molecular flexibility index (Phi) is 18.0. The molecule has 76 heavy (non-hydrogen) atoms. The molecule has 3 aromatic heterocycles. The molecule has 3 aromatic carbocycles. The Bertz CT molecular complexity index is 3120. The summed E-state index contributed by atoms with van der Waals surface area (Å²) in [6.45, 7) is 15.2. The summed E-state index contributed by atoms with van der Waals surface area (Å²) in [5.41, 5.74) is -2.03. The highest BCUT2D eigenvalue weighted by atomic mass is 35.5. The standard InChI is InChI=1S/C56H62ClN6O12Si/c1-11-55(75-37(7)65)44(74-50(46(55)73-36(6)64)63-34-58-45-47(59-35(4)5)60-53(57)61-48(45)63)33-71-56(51(67)69-12-2,52(68)70-13-3)32-38-21-23-39(24-22-38)43-20-17-29-62(49(43)66)30-31-72-76(41-18-15-14-16-19-41)42-27-25-40(26-28-42)54(8,9)10/h1,14-29,34-35,44,46,50H,12-13,30-33H2,2-10H3,(H,59,60,61)/t44-,46+,50-,55-/m1/s1. The van der Waals surface area contributed by atoms with Gasteiger partial charge in [-0.2, -0.15) is 9.97 Å². The van der Waals surface area contributed by atoms with Crippen molar-refractivity contribution in [2.75, 3.05) is 31.7 Å². The van der Waals surface area contributed by atoms with Gasteiger partial charge in [-0.1, -0.05) is 106 Å². The van der Waals surface area contributed by atoms with Crippen molar-refractivity contribution < 1.29 is 52.0 Å². The van der Waals surface area contributed by atoms with Gasteiger partial charge in [-0.25, -0.2) is 14.6 Å². The molecule has 1 fully saturated rings. The maximum absolute atomic E-state index is 14.3. The molecule has 0 bridgehead atoms. The van der Waals surface area contributed by atoms with Crippen LogP contribution in [0.1, 0.15) is 79.7 Å². The van der Waals surface area contributed by atoms with Gasteiger partial charge in [0, 0.05) is 44.6 Å². The van der Waals surface area contributed by atoms with Crippen molar-refractivity contribution >= 4 is 71.9 Å². The molecule has 0 aliphatic carbocycles. The predicted molar refractivity (Wildman–Crippen MR) is 286 cm³/mol. The van der Waals surface area contributed by atoms with Gasteiger partial charge < -0.3 is 42.7 Å². The average molecular weight is 1070 g/mol. The van der Waals surface area contributed by atoms with Gasteiger partial charge in [0.05, 0.1) is 32.8 Å². The van der Waals surface area contributed by atoms with E-state index in [1.54, 1.807) is 61.0 Å². The summed E-state index contributed by atoms with van der Waals surface area (Å²) in [5, 5.41) is 5.20. The van der Waals surface area contributed by atoms with Crippen LogP contribution in [-0.4, -0.2) is 113 Å². The summed E-state index contributed by atoms with van der Waals surface area (Å²) < 4.78 is 45.2. The molecule has 4 atom stereocenters. The maximum Gasteiger partial charge on any atom is 0.350 e. The van der Waals surface area contributed by atoms with Crippen LogP contribution in [0.2, 0.25) is 5.28 Å². The fourth-order valence-corrected chi connectivity index (χ4v) is 11.0. The fourth-order valence-electron chi connectivity index (χ4n) is 8.87. The molecule has 1 aliphatic rings. The largest absolute Gasteiger partial charge is 0.463 e. The molecule has 1 N–H and O–H groups in total. The van der Waals surface area contributed by atoms with E-state index in [1.165, 1.54) is 16.5 Å². The predicted octanol–water partition coefficient (Wildman–Crippen LogP) is 6.14. The van der Waals surface area contributed by atoms with Crippen LogP contribution in [-0.2, 0) is 70.4 Å². The highest BCUT2D eigenvalue weighted by molar-refractivity contribution is 6.80. The number of halogens is 1. The normalized spacial score (nSPS) is 17.6. The lowest BCUT2D eigenvalue weighted by molar-refractivity contribution is -0.200. The van der Waals surface area contributed by atoms with Gasteiger partial charge in [0.25, 0.3) is 20.2 Å². The van der Waals surface area contributed by atoms with Crippen molar-refractivity contribution in [2.45, 2.75) is 116 Å². The van der Waals surface area contributed by atoms with Crippen molar-refractivity contribution in [3.8, 4) is 23.5 Å². The summed E-state index contributed by atoms with van der Waals surface area (Å²) in [6.07, 6.45) is 4.25. The zero-order valence-electron chi connectivity index (χ0n) is 44.0. The number of carbonyl (C=O) groups excluding carboxylic acids is 4. The number of hydrogen-bond donors (Lipinski definition) is 1. The zero-order chi connectivity index (χ0) is 55.0. The van der Waals surface area contributed by atoms with Gasteiger partial charge >= 0.3 is 23.9 Å². The highest BCUT2D eigenvalue weighted by Crippen LogP contribution is 2.44. The number of carbonyl (C=O) groups is 4. The van der Waals surface area contributed by atoms with Crippen LogP contribution >= 0.6 is 11.6 Å². The minimum atomic E-state index is -2.52. The summed E-state index contributed by atoms with van der Waals surface area (Å²) in [6, 6.07) is 28.7. The second-order valence-electron chi connectivity index (χ2n) is 19.3. The molecule has 1 saturated heterocycles.